The van der Waals surface area contributed by atoms with E-state index in [9.17, 15) is 4.79 Å². The minimum Gasteiger partial charge on any atom is -0.350 e. The lowest BCUT2D eigenvalue weighted by Crippen LogP contribution is -2.44. The van der Waals surface area contributed by atoms with Gasteiger partial charge in [-0.05, 0) is 20.8 Å². The van der Waals surface area contributed by atoms with E-state index < -0.39 is 0 Å². The van der Waals surface area contributed by atoms with Crippen molar-refractivity contribution >= 4 is 5.91 Å². The highest BCUT2D eigenvalue weighted by molar-refractivity contribution is 5.76. The van der Waals surface area contributed by atoms with Crippen LogP contribution in [0.3, 0.4) is 0 Å². The first-order chi connectivity index (χ1) is 7.96. The van der Waals surface area contributed by atoms with E-state index >= 15 is 0 Å². The Hall–Kier alpha value is -1.36. The van der Waals surface area contributed by atoms with Crippen molar-refractivity contribution in [3.05, 3.63) is 18.2 Å². The summed E-state index contributed by atoms with van der Waals surface area (Å²) in [7, 11) is 0. The Kier molecular flexibility index (Phi) is 3.19. The average molecular weight is 236 g/mol. The number of amides is 1. The van der Waals surface area contributed by atoms with Gasteiger partial charge in [-0.15, -0.1) is 0 Å². The Labute approximate surface area is 102 Å². The van der Waals surface area contributed by atoms with Gasteiger partial charge >= 0.3 is 0 Å². The summed E-state index contributed by atoms with van der Waals surface area (Å²) in [5.74, 6) is 0.531. The lowest BCUT2D eigenvalue weighted by molar-refractivity contribution is -0.123. The van der Waals surface area contributed by atoms with Crippen LogP contribution in [0.15, 0.2) is 12.5 Å². The lowest BCUT2D eigenvalue weighted by Gasteiger charge is -2.28. The number of carbonyl (C=O) groups is 1. The van der Waals surface area contributed by atoms with Crippen LogP contribution in [-0.4, -0.2) is 34.1 Å². The van der Waals surface area contributed by atoms with Crippen molar-refractivity contribution in [3.63, 3.8) is 0 Å². The first-order valence-electron chi connectivity index (χ1n) is 5.97. The third kappa shape index (κ3) is 3.06. The molecular weight excluding hydrogens is 216 g/mol. The van der Waals surface area contributed by atoms with Gasteiger partial charge in [-0.3, -0.25) is 4.79 Å². The van der Waals surface area contributed by atoms with Crippen LogP contribution < -0.4 is 10.6 Å². The van der Waals surface area contributed by atoms with Crippen LogP contribution in [0.1, 0.15) is 32.4 Å². The molecule has 0 radical (unpaired) electrons. The number of rotatable bonds is 3. The van der Waals surface area contributed by atoms with Crippen LogP contribution in [-0.2, 0) is 11.3 Å². The van der Waals surface area contributed by atoms with Gasteiger partial charge in [-0.1, -0.05) is 0 Å². The molecule has 0 aromatic carbocycles. The maximum absolute atomic E-state index is 11.8. The SMILES string of the molecule is CC(C)(C)NC(=O)Cn1cncc1C1CNC1. The number of nitrogens with one attached hydrogen (secondary N) is 2. The smallest absolute Gasteiger partial charge is 0.240 e. The third-order valence-corrected chi connectivity index (χ3v) is 2.77. The van der Waals surface area contributed by atoms with Crippen LogP contribution in [0.25, 0.3) is 0 Å². The van der Waals surface area contributed by atoms with Crippen molar-refractivity contribution in [2.24, 2.45) is 0 Å². The Morgan fingerprint density at radius 2 is 2.29 bits per heavy atom. The van der Waals surface area contributed by atoms with E-state index in [0.29, 0.717) is 12.5 Å². The molecule has 1 amide bonds. The van der Waals surface area contributed by atoms with Gasteiger partial charge in [0.05, 0.1) is 6.33 Å². The van der Waals surface area contributed by atoms with Gasteiger partial charge in [0.1, 0.15) is 6.54 Å². The molecule has 5 nitrogen and oxygen atoms in total. The molecule has 1 fully saturated rings. The number of hydrogen-bond acceptors (Lipinski definition) is 3. The zero-order valence-corrected chi connectivity index (χ0v) is 10.7. The molecule has 94 valence electrons. The van der Waals surface area contributed by atoms with Gasteiger partial charge < -0.3 is 15.2 Å². The molecule has 0 aliphatic carbocycles. The zero-order chi connectivity index (χ0) is 12.5. The molecule has 17 heavy (non-hydrogen) atoms. The number of carbonyl (C=O) groups excluding carboxylic acids is 1. The summed E-state index contributed by atoms with van der Waals surface area (Å²) < 4.78 is 1.94. The molecule has 0 atom stereocenters. The van der Waals surface area contributed by atoms with Gasteiger partial charge in [0.2, 0.25) is 5.91 Å². The minimum absolute atomic E-state index is 0.0315. The molecule has 0 unspecified atom stereocenters. The topological polar surface area (TPSA) is 59.0 Å². The molecule has 1 aromatic heterocycles. The highest BCUT2D eigenvalue weighted by Crippen LogP contribution is 2.19. The van der Waals surface area contributed by atoms with Crippen LogP contribution in [0, 0.1) is 0 Å². The van der Waals surface area contributed by atoms with Crippen molar-refractivity contribution in [3.8, 4) is 0 Å². The fourth-order valence-corrected chi connectivity index (χ4v) is 1.91. The summed E-state index contributed by atoms with van der Waals surface area (Å²) >= 11 is 0. The molecule has 1 aliphatic rings. The van der Waals surface area contributed by atoms with E-state index in [1.54, 1.807) is 6.33 Å². The highest BCUT2D eigenvalue weighted by Gasteiger charge is 2.23. The Morgan fingerprint density at radius 3 is 2.82 bits per heavy atom. The number of hydrogen-bond donors (Lipinski definition) is 2. The van der Waals surface area contributed by atoms with Crippen molar-refractivity contribution in [2.75, 3.05) is 13.1 Å². The fraction of sp³-hybridized carbons (Fsp3) is 0.667. The van der Waals surface area contributed by atoms with E-state index in [1.165, 1.54) is 0 Å². The molecule has 0 bridgehead atoms. The van der Waals surface area contributed by atoms with Crippen LogP contribution >= 0.6 is 0 Å². The Bertz CT molecular complexity index is 401. The lowest BCUT2D eigenvalue weighted by atomic mass is 10.00. The second kappa shape index (κ2) is 4.49. The van der Waals surface area contributed by atoms with E-state index in [1.807, 2.05) is 31.5 Å². The van der Waals surface area contributed by atoms with Crippen LogP contribution in [0.5, 0.6) is 0 Å². The summed E-state index contributed by atoms with van der Waals surface area (Å²) in [5, 5.41) is 6.18. The largest absolute Gasteiger partial charge is 0.350 e. The summed E-state index contributed by atoms with van der Waals surface area (Å²) in [6.45, 7) is 8.25. The summed E-state index contributed by atoms with van der Waals surface area (Å²) in [6.07, 6.45) is 3.59. The molecule has 1 saturated heterocycles. The van der Waals surface area contributed by atoms with Gasteiger partial charge in [0.15, 0.2) is 0 Å². The molecule has 5 heteroatoms. The first-order valence-corrected chi connectivity index (χ1v) is 5.97. The molecule has 0 spiro atoms. The fourth-order valence-electron chi connectivity index (χ4n) is 1.91. The van der Waals surface area contributed by atoms with Gasteiger partial charge in [0, 0.05) is 36.4 Å². The van der Waals surface area contributed by atoms with E-state index in [2.05, 4.69) is 15.6 Å². The summed E-state index contributed by atoms with van der Waals surface area (Å²) in [5.41, 5.74) is 0.961. The van der Waals surface area contributed by atoms with E-state index in [4.69, 9.17) is 0 Å². The number of imidazole rings is 1. The highest BCUT2D eigenvalue weighted by atomic mass is 16.2. The van der Waals surface area contributed by atoms with Gasteiger partial charge in [-0.2, -0.15) is 0 Å². The quantitative estimate of drug-likeness (QED) is 0.802. The molecule has 0 saturated carbocycles. The molecule has 2 rings (SSSR count). The Balaban J connectivity index is 1.98. The van der Waals surface area contributed by atoms with Crippen molar-refractivity contribution < 1.29 is 4.79 Å². The predicted molar refractivity (Wildman–Crippen MR) is 65.7 cm³/mol. The average Bonchev–Trinajstić information content (AvgIpc) is 2.46. The maximum atomic E-state index is 11.8. The maximum Gasteiger partial charge on any atom is 0.240 e. The minimum atomic E-state index is -0.185. The molecule has 2 N–H and O–H groups in total. The molecule has 1 aromatic rings. The Morgan fingerprint density at radius 1 is 1.59 bits per heavy atom. The van der Waals surface area contributed by atoms with E-state index in [-0.39, 0.29) is 11.4 Å². The van der Waals surface area contributed by atoms with Gasteiger partial charge in [0.25, 0.3) is 0 Å². The van der Waals surface area contributed by atoms with Crippen LogP contribution in [0.4, 0.5) is 0 Å². The summed E-state index contributed by atoms with van der Waals surface area (Å²) in [4.78, 5) is 16.0. The molecule has 1 aliphatic heterocycles. The van der Waals surface area contributed by atoms with E-state index in [0.717, 1.165) is 18.8 Å². The number of aromatic nitrogens is 2. The van der Waals surface area contributed by atoms with Gasteiger partial charge in [-0.25, -0.2) is 4.98 Å². The second-order valence-electron chi connectivity index (χ2n) is 5.60. The van der Waals surface area contributed by atoms with Crippen molar-refractivity contribution in [1.82, 2.24) is 20.2 Å². The van der Waals surface area contributed by atoms with Crippen molar-refractivity contribution in [2.45, 2.75) is 38.8 Å². The number of nitrogens with zero attached hydrogens (tertiary/aromatic N) is 2. The normalized spacial score (nSPS) is 16.6. The third-order valence-electron chi connectivity index (χ3n) is 2.77. The van der Waals surface area contributed by atoms with Crippen LogP contribution in [0.2, 0.25) is 0 Å². The first kappa shape index (κ1) is 12.1. The summed E-state index contributed by atoms with van der Waals surface area (Å²) in [6, 6.07) is 0. The standard InChI is InChI=1S/C12H20N4O/c1-12(2,3)15-11(17)7-16-8-14-6-10(16)9-4-13-5-9/h6,8-9,13H,4-5,7H2,1-3H3,(H,15,17). The second-order valence-corrected chi connectivity index (χ2v) is 5.60. The zero-order valence-electron chi connectivity index (χ0n) is 10.7. The monoisotopic (exact) mass is 236 g/mol. The predicted octanol–water partition coefficient (Wildman–Crippen LogP) is 0.485. The molecule has 2 heterocycles. The van der Waals surface area contributed by atoms with Crippen molar-refractivity contribution in [1.29, 1.82) is 0 Å². The molecular formula is C12H20N4O.